The van der Waals surface area contributed by atoms with Crippen LogP contribution in [0.5, 0.6) is 0 Å². The lowest BCUT2D eigenvalue weighted by Gasteiger charge is -2.37. The topological polar surface area (TPSA) is 66.6 Å². The van der Waals surface area contributed by atoms with Gasteiger partial charge in [0, 0.05) is 38.5 Å². The molecule has 0 radical (unpaired) electrons. The lowest BCUT2D eigenvalue weighted by Crippen LogP contribution is -2.52. The molecule has 5 heteroatoms. The van der Waals surface area contributed by atoms with Gasteiger partial charge in [-0.3, -0.25) is 9.59 Å². The maximum absolute atomic E-state index is 12.6. The molecule has 2 fully saturated rings. The van der Waals surface area contributed by atoms with E-state index < -0.39 is 0 Å². The van der Waals surface area contributed by atoms with Crippen LogP contribution in [0.15, 0.2) is 0 Å². The monoisotopic (exact) mass is 295 g/mol. The van der Waals surface area contributed by atoms with E-state index in [1.165, 1.54) is 0 Å². The van der Waals surface area contributed by atoms with E-state index in [9.17, 15) is 9.59 Å². The highest BCUT2D eigenvalue weighted by Crippen LogP contribution is 2.32. The summed E-state index contributed by atoms with van der Waals surface area (Å²) in [6.07, 6.45) is 3.78. The van der Waals surface area contributed by atoms with Crippen LogP contribution in [0.3, 0.4) is 0 Å². The Balaban J connectivity index is 1.83. The van der Waals surface area contributed by atoms with Gasteiger partial charge in [-0.15, -0.1) is 0 Å². The largest absolute Gasteiger partial charge is 0.339 e. The van der Waals surface area contributed by atoms with E-state index in [2.05, 4.69) is 13.8 Å². The number of rotatable bonds is 4. The fourth-order valence-corrected chi connectivity index (χ4v) is 3.53. The summed E-state index contributed by atoms with van der Waals surface area (Å²) in [5, 5.41) is 0. The predicted molar refractivity (Wildman–Crippen MR) is 82.5 cm³/mol. The minimum atomic E-state index is 0.118. The van der Waals surface area contributed by atoms with Crippen LogP contribution < -0.4 is 5.73 Å². The predicted octanol–water partition coefficient (Wildman–Crippen LogP) is 1.08. The van der Waals surface area contributed by atoms with Crippen molar-refractivity contribution in [1.29, 1.82) is 0 Å². The van der Waals surface area contributed by atoms with Crippen LogP contribution in [-0.2, 0) is 9.59 Å². The summed E-state index contributed by atoms with van der Waals surface area (Å²) in [5.41, 5.74) is 5.78. The fourth-order valence-electron chi connectivity index (χ4n) is 3.53. The molecule has 1 aliphatic carbocycles. The summed E-state index contributed by atoms with van der Waals surface area (Å²) in [6.45, 7) is 7.44. The van der Waals surface area contributed by atoms with Crippen molar-refractivity contribution in [2.75, 3.05) is 32.7 Å². The zero-order valence-electron chi connectivity index (χ0n) is 13.4. The molecule has 2 rings (SSSR count). The van der Waals surface area contributed by atoms with Crippen molar-refractivity contribution in [2.45, 2.75) is 39.5 Å². The summed E-state index contributed by atoms with van der Waals surface area (Å²) in [5.74, 6) is 1.35. The summed E-state index contributed by atoms with van der Waals surface area (Å²) in [7, 11) is 0. The first-order valence-corrected chi connectivity index (χ1v) is 8.29. The SMILES string of the molecule is CC(C)CC(=O)N1CCN(C(=O)C2CCCC2CN)CC1. The number of carbonyl (C=O) groups is 2. The Kier molecular flexibility index (Phi) is 5.62. The first-order valence-electron chi connectivity index (χ1n) is 8.29. The molecule has 0 aromatic rings. The van der Waals surface area contributed by atoms with Gasteiger partial charge in [0.25, 0.3) is 0 Å². The third-order valence-electron chi connectivity index (χ3n) is 4.81. The number of hydrogen-bond donors (Lipinski definition) is 1. The van der Waals surface area contributed by atoms with Crippen LogP contribution in [0.4, 0.5) is 0 Å². The summed E-state index contributed by atoms with van der Waals surface area (Å²) in [4.78, 5) is 28.5. The highest BCUT2D eigenvalue weighted by Gasteiger charge is 2.36. The number of carbonyl (C=O) groups excluding carboxylic acids is 2. The molecule has 0 aromatic heterocycles. The third-order valence-corrected chi connectivity index (χ3v) is 4.81. The molecule has 2 atom stereocenters. The van der Waals surface area contributed by atoms with Crippen molar-refractivity contribution < 1.29 is 9.59 Å². The number of hydrogen-bond acceptors (Lipinski definition) is 3. The molecular formula is C16H29N3O2. The number of amides is 2. The molecule has 1 aliphatic heterocycles. The summed E-state index contributed by atoms with van der Waals surface area (Å²) in [6, 6.07) is 0. The van der Waals surface area contributed by atoms with E-state index >= 15 is 0 Å². The molecular weight excluding hydrogens is 266 g/mol. The fraction of sp³-hybridized carbons (Fsp3) is 0.875. The van der Waals surface area contributed by atoms with Crippen LogP contribution in [-0.4, -0.2) is 54.3 Å². The maximum Gasteiger partial charge on any atom is 0.226 e. The van der Waals surface area contributed by atoms with Crippen LogP contribution in [0, 0.1) is 17.8 Å². The van der Waals surface area contributed by atoms with Crippen molar-refractivity contribution in [3.63, 3.8) is 0 Å². The zero-order valence-corrected chi connectivity index (χ0v) is 13.4. The van der Waals surface area contributed by atoms with E-state index in [-0.39, 0.29) is 17.7 Å². The highest BCUT2D eigenvalue weighted by molar-refractivity contribution is 5.80. The van der Waals surface area contributed by atoms with E-state index in [4.69, 9.17) is 5.73 Å². The zero-order chi connectivity index (χ0) is 15.4. The van der Waals surface area contributed by atoms with E-state index in [0.717, 1.165) is 19.3 Å². The normalized spacial score (nSPS) is 26.5. The first-order chi connectivity index (χ1) is 10.0. The van der Waals surface area contributed by atoms with Gasteiger partial charge in [-0.25, -0.2) is 0 Å². The quantitative estimate of drug-likeness (QED) is 0.844. The number of nitrogens with zero attached hydrogens (tertiary/aromatic N) is 2. The van der Waals surface area contributed by atoms with Crippen LogP contribution in [0.1, 0.15) is 39.5 Å². The summed E-state index contributed by atoms with van der Waals surface area (Å²) >= 11 is 0. The van der Waals surface area contributed by atoms with Gasteiger partial charge in [-0.1, -0.05) is 20.3 Å². The van der Waals surface area contributed by atoms with Gasteiger partial charge in [0.1, 0.15) is 0 Å². The van der Waals surface area contributed by atoms with Gasteiger partial charge < -0.3 is 15.5 Å². The molecule has 21 heavy (non-hydrogen) atoms. The van der Waals surface area contributed by atoms with Crippen molar-refractivity contribution in [1.82, 2.24) is 9.80 Å². The molecule has 2 N–H and O–H groups in total. The number of piperazine rings is 1. The average Bonchev–Trinajstić information content (AvgIpc) is 2.94. The second-order valence-corrected chi connectivity index (χ2v) is 6.84. The third kappa shape index (κ3) is 3.96. The van der Waals surface area contributed by atoms with Gasteiger partial charge in [0.15, 0.2) is 0 Å². The minimum absolute atomic E-state index is 0.118. The van der Waals surface area contributed by atoms with Crippen molar-refractivity contribution in [3.05, 3.63) is 0 Å². The van der Waals surface area contributed by atoms with Crippen molar-refractivity contribution >= 4 is 11.8 Å². The Morgan fingerprint density at radius 1 is 1.10 bits per heavy atom. The lowest BCUT2D eigenvalue weighted by atomic mass is 9.94. The smallest absolute Gasteiger partial charge is 0.226 e. The first kappa shape index (κ1) is 16.3. The lowest BCUT2D eigenvalue weighted by molar-refractivity contribution is -0.143. The molecule has 2 unspecified atom stereocenters. The van der Waals surface area contributed by atoms with E-state index in [1.807, 2.05) is 9.80 Å². The molecule has 1 heterocycles. The second kappa shape index (κ2) is 7.25. The average molecular weight is 295 g/mol. The second-order valence-electron chi connectivity index (χ2n) is 6.84. The van der Waals surface area contributed by atoms with Gasteiger partial charge in [0.2, 0.25) is 11.8 Å². The Morgan fingerprint density at radius 3 is 2.29 bits per heavy atom. The molecule has 0 bridgehead atoms. The minimum Gasteiger partial charge on any atom is -0.339 e. The molecule has 2 aliphatic rings. The van der Waals surface area contributed by atoms with Gasteiger partial charge in [0.05, 0.1) is 0 Å². The standard InChI is InChI=1S/C16H29N3O2/c1-12(2)10-15(20)18-6-8-19(9-7-18)16(21)14-5-3-4-13(14)11-17/h12-14H,3-11,17H2,1-2H3. The highest BCUT2D eigenvalue weighted by atomic mass is 16.2. The van der Waals surface area contributed by atoms with Crippen LogP contribution >= 0.6 is 0 Å². The molecule has 1 saturated heterocycles. The van der Waals surface area contributed by atoms with Crippen molar-refractivity contribution in [2.24, 2.45) is 23.5 Å². The molecule has 0 spiro atoms. The van der Waals surface area contributed by atoms with E-state index in [1.54, 1.807) is 0 Å². The molecule has 5 nitrogen and oxygen atoms in total. The van der Waals surface area contributed by atoms with Crippen molar-refractivity contribution in [3.8, 4) is 0 Å². The molecule has 0 aromatic carbocycles. The Hall–Kier alpha value is -1.10. The Bertz CT molecular complexity index is 376. The maximum atomic E-state index is 12.6. The number of nitrogens with two attached hydrogens (primary N) is 1. The molecule has 1 saturated carbocycles. The van der Waals surface area contributed by atoms with Gasteiger partial charge in [-0.05, 0) is 31.2 Å². The van der Waals surface area contributed by atoms with Gasteiger partial charge >= 0.3 is 0 Å². The van der Waals surface area contributed by atoms with Crippen LogP contribution in [0.2, 0.25) is 0 Å². The molecule has 2 amide bonds. The van der Waals surface area contributed by atoms with E-state index in [0.29, 0.717) is 51.0 Å². The molecule has 120 valence electrons. The summed E-state index contributed by atoms with van der Waals surface area (Å²) < 4.78 is 0. The van der Waals surface area contributed by atoms with Crippen LogP contribution in [0.25, 0.3) is 0 Å². The van der Waals surface area contributed by atoms with Gasteiger partial charge in [-0.2, -0.15) is 0 Å². The Morgan fingerprint density at radius 2 is 1.71 bits per heavy atom. The Labute approximate surface area is 127 Å².